The molecular formula is C16H17NO. The third kappa shape index (κ3) is 2.48. The third-order valence-electron chi connectivity index (χ3n) is 3.08. The maximum Gasteiger partial charge on any atom is 0.211 e. The molecule has 2 rings (SSSR count). The Hall–Kier alpha value is -1.96. The number of carbonyl (C=O) groups excluding carboxylic acids is 1. The van der Waals surface area contributed by atoms with Gasteiger partial charge in [-0.3, -0.25) is 9.78 Å². The molecule has 18 heavy (non-hydrogen) atoms. The molecule has 0 N–H and O–H groups in total. The van der Waals surface area contributed by atoms with E-state index in [9.17, 15) is 4.79 Å². The van der Waals surface area contributed by atoms with Gasteiger partial charge >= 0.3 is 0 Å². The summed E-state index contributed by atoms with van der Waals surface area (Å²) in [7, 11) is 0. The van der Waals surface area contributed by atoms with Gasteiger partial charge in [-0.15, -0.1) is 0 Å². The lowest BCUT2D eigenvalue weighted by molar-refractivity contribution is 0.103. The average Bonchev–Trinajstić information content (AvgIpc) is 2.46. The first kappa shape index (κ1) is 12.5. The van der Waals surface area contributed by atoms with E-state index in [0.717, 1.165) is 24.0 Å². The number of aryl methyl sites for hydroxylation is 2. The van der Waals surface area contributed by atoms with E-state index in [1.54, 1.807) is 6.20 Å². The van der Waals surface area contributed by atoms with Gasteiger partial charge in [-0.25, -0.2) is 0 Å². The van der Waals surface area contributed by atoms with Crippen LogP contribution in [0.5, 0.6) is 0 Å². The van der Waals surface area contributed by atoms with Crippen LogP contribution in [0.4, 0.5) is 0 Å². The van der Waals surface area contributed by atoms with Gasteiger partial charge in [-0.1, -0.05) is 38.1 Å². The molecule has 2 nitrogen and oxygen atoms in total. The van der Waals surface area contributed by atoms with Crippen LogP contribution >= 0.6 is 0 Å². The summed E-state index contributed by atoms with van der Waals surface area (Å²) >= 11 is 0. The summed E-state index contributed by atoms with van der Waals surface area (Å²) in [6.45, 7) is 4.12. The van der Waals surface area contributed by atoms with Gasteiger partial charge < -0.3 is 0 Å². The van der Waals surface area contributed by atoms with Crippen molar-refractivity contribution >= 4 is 5.78 Å². The normalized spacial score (nSPS) is 10.3. The number of benzene rings is 1. The van der Waals surface area contributed by atoms with Crippen molar-refractivity contribution in [1.29, 1.82) is 0 Å². The maximum absolute atomic E-state index is 12.4. The molecule has 0 radical (unpaired) electrons. The fourth-order valence-corrected chi connectivity index (χ4v) is 2.00. The molecule has 0 aliphatic heterocycles. The average molecular weight is 239 g/mol. The molecule has 1 aromatic carbocycles. The Morgan fingerprint density at radius 3 is 2.67 bits per heavy atom. The van der Waals surface area contributed by atoms with Gasteiger partial charge in [0.05, 0.1) is 0 Å². The molecule has 0 atom stereocenters. The molecule has 2 heteroatoms. The fraction of sp³-hybridized carbons (Fsp3) is 0.250. The van der Waals surface area contributed by atoms with Crippen molar-refractivity contribution in [2.24, 2.45) is 0 Å². The number of rotatable bonds is 4. The van der Waals surface area contributed by atoms with Crippen LogP contribution in [0.2, 0.25) is 0 Å². The van der Waals surface area contributed by atoms with Crippen LogP contribution in [0, 0.1) is 0 Å². The van der Waals surface area contributed by atoms with E-state index in [0.29, 0.717) is 5.69 Å². The second-order valence-corrected chi connectivity index (χ2v) is 4.25. The first-order valence-corrected chi connectivity index (χ1v) is 6.33. The van der Waals surface area contributed by atoms with E-state index in [4.69, 9.17) is 0 Å². The van der Waals surface area contributed by atoms with Crippen molar-refractivity contribution in [3.63, 3.8) is 0 Å². The minimum absolute atomic E-state index is 0.0164. The molecule has 2 aromatic rings. The van der Waals surface area contributed by atoms with Gasteiger partial charge in [0.15, 0.2) is 0 Å². The Morgan fingerprint density at radius 1 is 1.11 bits per heavy atom. The highest BCUT2D eigenvalue weighted by atomic mass is 16.1. The fourth-order valence-electron chi connectivity index (χ4n) is 2.00. The van der Waals surface area contributed by atoms with E-state index in [1.165, 1.54) is 5.56 Å². The molecule has 0 spiro atoms. The van der Waals surface area contributed by atoms with Gasteiger partial charge in [0, 0.05) is 11.8 Å². The second kappa shape index (κ2) is 5.58. The lowest BCUT2D eigenvalue weighted by Crippen LogP contribution is -2.08. The Labute approximate surface area is 108 Å². The van der Waals surface area contributed by atoms with Gasteiger partial charge in [0.2, 0.25) is 5.78 Å². The molecule has 0 saturated carbocycles. The number of pyridine rings is 1. The number of hydrogen-bond acceptors (Lipinski definition) is 2. The van der Waals surface area contributed by atoms with Crippen molar-refractivity contribution in [2.45, 2.75) is 26.7 Å². The van der Waals surface area contributed by atoms with Crippen molar-refractivity contribution in [3.8, 4) is 0 Å². The lowest BCUT2D eigenvalue weighted by Gasteiger charge is -2.06. The predicted molar refractivity (Wildman–Crippen MR) is 72.9 cm³/mol. The third-order valence-corrected chi connectivity index (χ3v) is 3.08. The van der Waals surface area contributed by atoms with Crippen LogP contribution in [0.1, 0.15) is 41.0 Å². The van der Waals surface area contributed by atoms with Crippen LogP contribution in [-0.2, 0) is 12.8 Å². The number of hydrogen-bond donors (Lipinski definition) is 0. The summed E-state index contributed by atoms with van der Waals surface area (Å²) in [5, 5.41) is 0. The summed E-state index contributed by atoms with van der Waals surface area (Å²) in [4.78, 5) is 16.7. The molecule has 0 unspecified atom stereocenters. The first-order valence-electron chi connectivity index (χ1n) is 6.33. The van der Waals surface area contributed by atoms with Crippen molar-refractivity contribution in [1.82, 2.24) is 4.98 Å². The molecular weight excluding hydrogens is 222 g/mol. The smallest absolute Gasteiger partial charge is 0.211 e. The van der Waals surface area contributed by atoms with Crippen LogP contribution in [0.15, 0.2) is 42.6 Å². The zero-order valence-corrected chi connectivity index (χ0v) is 10.8. The zero-order chi connectivity index (χ0) is 13.0. The molecule has 0 amide bonds. The maximum atomic E-state index is 12.4. The number of aromatic nitrogens is 1. The van der Waals surface area contributed by atoms with Crippen LogP contribution in [0.25, 0.3) is 0 Å². The molecule has 0 bridgehead atoms. The Balaban J connectivity index is 2.41. The number of carbonyl (C=O) groups is 1. The Bertz CT molecular complexity index is 561. The molecule has 1 heterocycles. The largest absolute Gasteiger partial charge is 0.287 e. The highest BCUT2D eigenvalue weighted by Gasteiger charge is 2.13. The van der Waals surface area contributed by atoms with E-state index in [-0.39, 0.29) is 5.78 Å². The summed E-state index contributed by atoms with van der Waals surface area (Å²) in [6, 6.07) is 11.6. The van der Waals surface area contributed by atoms with Crippen LogP contribution < -0.4 is 0 Å². The van der Waals surface area contributed by atoms with Crippen molar-refractivity contribution in [2.75, 3.05) is 0 Å². The quantitative estimate of drug-likeness (QED) is 0.765. The van der Waals surface area contributed by atoms with Gasteiger partial charge in [-0.05, 0) is 36.1 Å². The summed E-state index contributed by atoms with van der Waals surface area (Å²) in [5.74, 6) is 0.0164. The van der Waals surface area contributed by atoms with E-state index in [2.05, 4.69) is 11.9 Å². The standard InChI is InChI=1S/C16H17NO/c1-3-12-7-5-8-14(11-12)16(18)15-13(4-2)9-6-10-17-15/h5-11H,3-4H2,1-2H3. The van der Waals surface area contributed by atoms with Gasteiger partial charge in [0.1, 0.15) is 5.69 Å². The van der Waals surface area contributed by atoms with E-state index < -0.39 is 0 Å². The van der Waals surface area contributed by atoms with Crippen molar-refractivity contribution in [3.05, 3.63) is 65.0 Å². The first-order chi connectivity index (χ1) is 8.76. The molecule has 0 fully saturated rings. The number of nitrogens with zero attached hydrogens (tertiary/aromatic N) is 1. The Morgan fingerprint density at radius 2 is 1.94 bits per heavy atom. The van der Waals surface area contributed by atoms with E-state index >= 15 is 0 Å². The zero-order valence-electron chi connectivity index (χ0n) is 10.8. The highest BCUT2D eigenvalue weighted by Crippen LogP contribution is 2.14. The van der Waals surface area contributed by atoms with Crippen LogP contribution in [0.3, 0.4) is 0 Å². The topological polar surface area (TPSA) is 30.0 Å². The van der Waals surface area contributed by atoms with Gasteiger partial charge in [-0.2, -0.15) is 0 Å². The molecule has 0 saturated heterocycles. The summed E-state index contributed by atoms with van der Waals surface area (Å²) in [6.07, 6.45) is 3.43. The number of ketones is 1. The van der Waals surface area contributed by atoms with Gasteiger partial charge in [0.25, 0.3) is 0 Å². The minimum atomic E-state index is 0.0164. The monoisotopic (exact) mass is 239 g/mol. The predicted octanol–water partition coefficient (Wildman–Crippen LogP) is 3.44. The van der Waals surface area contributed by atoms with Crippen LogP contribution in [-0.4, -0.2) is 10.8 Å². The summed E-state index contributed by atoms with van der Waals surface area (Å²) < 4.78 is 0. The molecule has 1 aromatic heterocycles. The molecule has 0 aliphatic rings. The summed E-state index contributed by atoms with van der Waals surface area (Å²) in [5.41, 5.74) is 3.48. The Kier molecular flexibility index (Phi) is 3.88. The second-order valence-electron chi connectivity index (χ2n) is 4.25. The highest BCUT2D eigenvalue weighted by molar-refractivity contribution is 6.08. The molecule has 92 valence electrons. The minimum Gasteiger partial charge on any atom is -0.287 e. The van der Waals surface area contributed by atoms with Crippen molar-refractivity contribution < 1.29 is 4.79 Å². The SMILES string of the molecule is CCc1cccc(C(=O)c2ncccc2CC)c1. The lowest BCUT2D eigenvalue weighted by atomic mass is 10.00. The molecule has 0 aliphatic carbocycles. The van der Waals surface area contributed by atoms with E-state index in [1.807, 2.05) is 43.3 Å².